The van der Waals surface area contributed by atoms with Gasteiger partial charge in [-0.2, -0.15) is 0 Å². The summed E-state index contributed by atoms with van der Waals surface area (Å²) in [5.74, 6) is -0.847. The topological polar surface area (TPSA) is 92.8 Å². The highest BCUT2D eigenvalue weighted by molar-refractivity contribution is 7.93. The number of benzene rings is 1. The molecule has 1 aromatic rings. The molecule has 1 amide bonds. The van der Waals surface area contributed by atoms with Crippen molar-refractivity contribution in [3.63, 3.8) is 0 Å². The molecule has 8 heteroatoms. The molecule has 1 saturated heterocycles. The van der Waals surface area contributed by atoms with Gasteiger partial charge in [-0.05, 0) is 51.0 Å². The van der Waals surface area contributed by atoms with E-state index in [1.165, 1.54) is 16.4 Å². The molecule has 2 rings (SSSR count). The maximum absolute atomic E-state index is 12.0. The Morgan fingerprint density at radius 2 is 1.88 bits per heavy atom. The molecule has 1 N–H and O–H groups in total. The minimum absolute atomic E-state index is 0.139. The van der Waals surface area contributed by atoms with Gasteiger partial charge in [0.15, 0.2) is 6.61 Å². The Labute approximate surface area is 148 Å². The molecule has 0 atom stereocenters. The number of carbonyl (C=O) groups excluding carboxylic acids is 2. The molecule has 0 aliphatic carbocycles. The first kappa shape index (κ1) is 19.2. The van der Waals surface area contributed by atoms with Crippen molar-refractivity contribution < 1.29 is 22.7 Å². The first-order valence-corrected chi connectivity index (χ1v) is 9.84. The van der Waals surface area contributed by atoms with Gasteiger partial charge in [-0.1, -0.05) is 6.92 Å². The van der Waals surface area contributed by atoms with Crippen LogP contribution >= 0.6 is 0 Å². The van der Waals surface area contributed by atoms with Crippen LogP contribution in [-0.4, -0.2) is 44.7 Å². The maximum Gasteiger partial charge on any atom is 0.338 e. The van der Waals surface area contributed by atoms with Gasteiger partial charge in [-0.25, -0.2) is 13.2 Å². The summed E-state index contributed by atoms with van der Waals surface area (Å²) < 4.78 is 30.1. The first-order chi connectivity index (χ1) is 11.6. The number of amides is 1. The zero-order valence-corrected chi connectivity index (χ0v) is 15.6. The maximum atomic E-state index is 12.0. The summed E-state index contributed by atoms with van der Waals surface area (Å²) in [5.41, 5.74) is 0.436. The lowest BCUT2D eigenvalue weighted by atomic mass is 10.0. The predicted octanol–water partition coefficient (Wildman–Crippen LogP) is 1.69. The Bertz CT molecular complexity index is 741. The van der Waals surface area contributed by atoms with E-state index in [2.05, 4.69) is 5.32 Å². The van der Waals surface area contributed by atoms with Crippen LogP contribution in [0.2, 0.25) is 0 Å². The van der Waals surface area contributed by atoms with Gasteiger partial charge >= 0.3 is 5.97 Å². The summed E-state index contributed by atoms with van der Waals surface area (Å²) in [7, 11) is -3.25. The number of anilines is 1. The third kappa shape index (κ3) is 4.94. The fourth-order valence-electron chi connectivity index (χ4n) is 2.41. The van der Waals surface area contributed by atoms with Gasteiger partial charge < -0.3 is 10.1 Å². The second-order valence-electron chi connectivity index (χ2n) is 6.65. The van der Waals surface area contributed by atoms with Crippen molar-refractivity contribution in [1.29, 1.82) is 0 Å². The van der Waals surface area contributed by atoms with Crippen molar-refractivity contribution in [2.45, 2.75) is 39.2 Å². The van der Waals surface area contributed by atoms with E-state index in [0.29, 0.717) is 18.7 Å². The van der Waals surface area contributed by atoms with Gasteiger partial charge in [-0.15, -0.1) is 0 Å². The quantitative estimate of drug-likeness (QED) is 0.771. The zero-order chi connectivity index (χ0) is 18.7. The van der Waals surface area contributed by atoms with E-state index >= 15 is 0 Å². The normalized spacial score (nSPS) is 16.5. The lowest BCUT2D eigenvalue weighted by molar-refractivity contribution is -0.125. The van der Waals surface area contributed by atoms with Crippen LogP contribution in [0, 0.1) is 0 Å². The molecule has 0 radical (unpaired) electrons. The molecule has 1 aliphatic rings. The Balaban J connectivity index is 1.94. The number of hydrogen-bond acceptors (Lipinski definition) is 5. The standard InChI is InChI=1S/C17H24N2O5S/c1-4-17(2,3)18-15(20)12-24-16(21)13-6-8-14(9-7-13)19-10-5-11-25(19,22)23/h6-9H,4-5,10-12H2,1-3H3,(H,18,20). The van der Waals surface area contributed by atoms with Crippen LogP contribution in [0.5, 0.6) is 0 Å². The van der Waals surface area contributed by atoms with Gasteiger partial charge in [0.1, 0.15) is 0 Å². The number of sulfonamides is 1. The number of hydrogen-bond donors (Lipinski definition) is 1. The minimum atomic E-state index is -3.25. The van der Waals surface area contributed by atoms with Gasteiger partial charge in [0.05, 0.1) is 17.0 Å². The SMILES string of the molecule is CCC(C)(C)NC(=O)COC(=O)c1ccc(N2CCCS2(=O)=O)cc1. The Morgan fingerprint density at radius 1 is 1.24 bits per heavy atom. The first-order valence-electron chi connectivity index (χ1n) is 8.23. The van der Waals surface area contributed by atoms with Gasteiger partial charge in [0.2, 0.25) is 10.0 Å². The van der Waals surface area contributed by atoms with Crippen molar-refractivity contribution in [3.05, 3.63) is 29.8 Å². The van der Waals surface area contributed by atoms with Crippen LogP contribution < -0.4 is 9.62 Å². The van der Waals surface area contributed by atoms with Crippen molar-refractivity contribution in [3.8, 4) is 0 Å². The van der Waals surface area contributed by atoms with Crippen LogP contribution in [0.3, 0.4) is 0 Å². The van der Waals surface area contributed by atoms with E-state index in [4.69, 9.17) is 4.74 Å². The molecule has 0 aromatic heterocycles. The Morgan fingerprint density at radius 3 is 2.40 bits per heavy atom. The third-order valence-electron chi connectivity index (χ3n) is 4.19. The number of rotatable bonds is 6. The summed E-state index contributed by atoms with van der Waals surface area (Å²) in [6, 6.07) is 6.14. The summed E-state index contributed by atoms with van der Waals surface area (Å²) >= 11 is 0. The molecule has 0 spiro atoms. The highest BCUT2D eigenvalue weighted by Gasteiger charge is 2.28. The number of nitrogens with zero attached hydrogens (tertiary/aromatic N) is 1. The van der Waals surface area contributed by atoms with Crippen LogP contribution in [0.4, 0.5) is 5.69 Å². The number of carbonyl (C=O) groups is 2. The molecule has 25 heavy (non-hydrogen) atoms. The zero-order valence-electron chi connectivity index (χ0n) is 14.7. The van der Waals surface area contributed by atoms with Gasteiger partial charge in [0.25, 0.3) is 5.91 Å². The minimum Gasteiger partial charge on any atom is -0.452 e. The average molecular weight is 368 g/mol. The molecule has 0 bridgehead atoms. The fourth-order valence-corrected chi connectivity index (χ4v) is 3.97. The largest absolute Gasteiger partial charge is 0.452 e. The van der Waals surface area contributed by atoms with Gasteiger partial charge in [-0.3, -0.25) is 9.10 Å². The Hall–Kier alpha value is -2.09. The molecule has 1 aromatic carbocycles. The van der Waals surface area contributed by atoms with Crippen molar-refractivity contribution in [1.82, 2.24) is 5.32 Å². The molecule has 0 saturated carbocycles. The highest BCUT2D eigenvalue weighted by atomic mass is 32.2. The van der Waals surface area contributed by atoms with E-state index in [1.807, 2.05) is 20.8 Å². The van der Waals surface area contributed by atoms with Crippen molar-refractivity contribution in [2.24, 2.45) is 0 Å². The number of nitrogens with one attached hydrogen (secondary N) is 1. The van der Waals surface area contributed by atoms with Gasteiger partial charge in [0, 0.05) is 12.1 Å². The molecule has 1 heterocycles. The second-order valence-corrected chi connectivity index (χ2v) is 8.66. The monoisotopic (exact) mass is 368 g/mol. The number of ether oxygens (including phenoxy) is 1. The van der Waals surface area contributed by atoms with E-state index in [0.717, 1.165) is 6.42 Å². The summed E-state index contributed by atoms with van der Waals surface area (Å²) in [5, 5.41) is 2.78. The summed E-state index contributed by atoms with van der Waals surface area (Å²) in [6.07, 6.45) is 1.35. The lowest BCUT2D eigenvalue weighted by Gasteiger charge is -2.24. The predicted molar refractivity (Wildman–Crippen MR) is 95.0 cm³/mol. The van der Waals surface area contributed by atoms with E-state index < -0.39 is 16.0 Å². The molecule has 138 valence electrons. The van der Waals surface area contributed by atoms with Crippen LogP contribution in [0.15, 0.2) is 24.3 Å². The third-order valence-corrected chi connectivity index (χ3v) is 6.06. The molecule has 7 nitrogen and oxygen atoms in total. The van der Waals surface area contributed by atoms with E-state index in [-0.39, 0.29) is 29.4 Å². The molecular formula is C17H24N2O5S. The second kappa shape index (κ2) is 7.43. The summed E-state index contributed by atoms with van der Waals surface area (Å²) in [4.78, 5) is 23.8. The summed E-state index contributed by atoms with van der Waals surface area (Å²) in [6.45, 7) is 5.81. The molecular weight excluding hydrogens is 344 g/mol. The van der Waals surface area contributed by atoms with Crippen LogP contribution in [0.25, 0.3) is 0 Å². The molecule has 1 aliphatic heterocycles. The van der Waals surface area contributed by atoms with Crippen molar-refractivity contribution >= 4 is 27.6 Å². The number of esters is 1. The highest BCUT2D eigenvalue weighted by Crippen LogP contribution is 2.24. The lowest BCUT2D eigenvalue weighted by Crippen LogP contribution is -2.44. The smallest absolute Gasteiger partial charge is 0.338 e. The van der Waals surface area contributed by atoms with Crippen molar-refractivity contribution in [2.75, 3.05) is 23.2 Å². The molecule has 1 fully saturated rings. The van der Waals surface area contributed by atoms with Crippen LogP contribution in [-0.2, 0) is 19.6 Å². The average Bonchev–Trinajstić information content (AvgIpc) is 2.91. The molecule has 0 unspecified atom stereocenters. The van der Waals surface area contributed by atoms with E-state index in [9.17, 15) is 18.0 Å². The van der Waals surface area contributed by atoms with E-state index in [1.54, 1.807) is 12.1 Å². The Kier molecular flexibility index (Phi) is 5.72. The van der Waals surface area contributed by atoms with Crippen LogP contribution in [0.1, 0.15) is 44.0 Å². The fraction of sp³-hybridized carbons (Fsp3) is 0.529.